The van der Waals surface area contributed by atoms with Crippen molar-refractivity contribution in [1.82, 2.24) is 4.90 Å². The number of thiocarbonyl (C=S) groups is 1. The van der Waals surface area contributed by atoms with Gasteiger partial charge < -0.3 is 16.0 Å². The van der Waals surface area contributed by atoms with Gasteiger partial charge in [-0.05, 0) is 36.8 Å². The molecule has 0 aliphatic carbocycles. The average Bonchev–Trinajstić information content (AvgIpc) is 2.65. The summed E-state index contributed by atoms with van der Waals surface area (Å²) in [5.74, 6) is 0. The lowest BCUT2D eigenvalue weighted by molar-refractivity contribution is 0.518. The van der Waals surface area contributed by atoms with Gasteiger partial charge in [-0.15, -0.1) is 0 Å². The average molecular weight is 300 g/mol. The van der Waals surface area contributed by atoms with Crippen LogP contribution in [0.1, 0.15) is 6.42 Å². The summed E-state index contributed by atoms with van der Waals surface area (Å²) < 4.78 is 1.04. The molecule has 0 aromatic heterocycles. The Hall–Kier alpha value is -0.650. The van der Waals surface area contributed by atoms with Crippen molar-refractivity contribution in [2.75, 3.05) is 18.4 Å². The van der Waals surface area contributed by atoms with Crippen LogP contribution in [0.3, 0.4) is 0 Å². The maximum atomic E-state index is 5.84. The second kappa shape index (κ2) is 5.12. The Kier molecular flexibility index (Phi) is 3.78. The molecule has 1 saturated heterocycles. The van der Waals surface area contributed by atoms with E-state index >= 15 is 0 Å². The number of nitrogens with one attached hydrogen (secondary N) is 1. The second-order valence-corrected chi connectivity index (χ2v) is 5.24. The van der Waals surface area contributed by atoms with Crippen molar-refractivity contribution in [3.8, 4) is 0 Å². The van der Waals surface area contributed by atoms with Crippen molar-refractivity contribution in [2.24, 2.45) is 5.73 Å². The van der Waals surface area contributed by atoms with Crippen LogP contribution >= 0.6 is 28.1 Å². The van der Waals surface area contributed by atoms with Crippen LogP contribution in [-0.4, -0.2) is 29.1 Å². The molecule has 0 radical (unpaired) electrons. The zero-order valence-corrected chi connectivity index (χ0v) is 11.2. The summed E-state index contributed by atoms with van der Waals surface area (Å²) in [6.45, 7) is 1.79. The monoisotopic (exact) mass is 299 g/mol. The summed E-state index contributed by atoms with van der Waals surface area (Å²) in [6.07, 6.45) is 1.01. The number of nitrogens with zero attached hydrogens (tertiary/aromatic N) is 1. The molecule has 86 valence electrons. The number of likely N-dealkylation sites (tertiary alicyclic amines) is 1. The summed E-state index contributed by atoms with van der Waals surface area (Å²) in [5.41, 5.74) is 6.84. The number of anilines is 1. The molecule has 0 saturated carbocycles. The van der Waals surface area contributed by atoms with E-state index in [0.29, 0.717) is 0 Å². The molecule has 1 aliphatic rings. The standard InChI is InChI=1S/C11H14BrN3S/c12-8-2-1-3-10(6-8)14-11(16)15-5-4-9(13)7-15/h1-3,6,9H,4-5,7,13H2,(H,14,16)/t9-/m1/s1. The second-order valence-electron chi connectivity index (χ2n) is 3.94. The molecule has 3 N–H and O–H groups in total. The fourth-order valence-electron chi connectivity index (χ4n) is 1.74. The minimum Gasteiger partial charge on any atom is -0.347 e. The van der Waals surface area contributed by atoms with Crippen molar-refractivity contribution >= 4 is 38.9 Å². The third-order valence-electron chi connectivity index (χ3n) is 2.59. The number of benzene rings is 1. The molecular weight excluding hydrogens is 286 g/mol. The van der Waals surface area contributed by atoms with Gasteiger partial charge in [0, 0.05) is 29.3 Å². The van der Waals surface area contributed by atoms with Gasteiger partial charge in [-0.1, -0.05) is 22.0 Å². The first kappa shape index (κ1) is 11.8. The molecule has 1 fully saturated rings. The SMILES string of the molecule is N[C@@H]1CCN(C(=S)Nc2cccc(Br)c2)C1. The van der Waals surface area contributed by atoms with Crippen LogP contribution in [-0.2, 0) is 0 Å². The Balaban J connectivity index is 1.97. The summed E-state index contributed by atoms with van der Waals surface area (Å²) in [6, 6.07) is 8.21. The highest BCUT2D eigenvalue weighted by Crippen LogP contribution is 2.17. The number of hydrogen-bond acceptors (Lipinski definition) is 2. The lowest BCUT2D eigenvalue weighted by Crippen LogP contribution is -2.34. The van der Waals surface area contributed by atoms with Crippen LogP contribution < -0.4 is 11.1 Å². The van der Waals surface area contributed by atoms with E-state index in [1.165, 1.54) is 0 Å². The Morgan fingerprint density at radius 3 is 3.00 bits per heavy atom. The Labute approximate surface area is 109 Å². The van der Waals surface area contributed by atoms with Crippen LogP contribution in [0.25, 0.3) is 0 Å². The lowest BCUT2D eigenvalue weighted by Gasteiger charge is -2.20. The van der Waals surface area contributed by atoms with Gasteiger partial charge in [0.1, 0.15) is 0 Å². The van der Waals surface area contributed by atoms with E-state index in [4.69, 9.17) is 18.0 Å². The first-order valence-corrected chi connectivity index (χ1v) is 6.42. The molecule has 0 amide bonds. The zero-order chi connectivity index (χ0) is 11.5. The van der Waals surface area contributed by atoms with Gasteiger partial charge in [0.05, 0.1) is 0 Å². The molecule has 1 heterocycles. The predicted molar refractivity (Wildman–Crippen MR) is 74.5 cm³/mol. The molecule has 0 spiro atoms. The number of hydrogen-bond donors (Lipinski definition) is 2. The third-order valence-corrected chi connectivity index (χ3v) is 3.44. The molecule has 5 heteroatoms. The highest BCUT2D eigenvalue weighted by molar-refractivity contribution is 9.10. The summed E-state index contributed by atoms with van der Waals surface area (Å²) in [4.78, 5) is 2.11. The van der Waals surface area contributed by atoms with E-state index in [2.05, 4.69) is 26.1 Å². The van der Waals surface area contributed by atoms with Gasteiger partial charge in [0.2, 0.25) is 0 Å². The highest BCUT2D eigenvalue weighted by atomic mass is 79.9. The Bertz CT molecular complexity index is 397. The molecular formula is C11H14BrN3S. The molecule has 16 heavy (non-hydrogen) atoms. The van der Waals surface area contributed by atoms with Crippen molar-refractivity contribution < 1.29 is 0 Å². The smallest absolute Gasteiger partial charge is 0.173 e. The minimum absolute atomic E-state index is 0.252. The largest absolute Gasteiger partial charge is 0.347 e. The molecule has 2 rings (SSSR count). The lowest BCUT2D eigenvalue weighted by atomic mass is 10.3. The van der Waals surface area contributed by atoms with Crippen LogP contribution in [0.4, 0.5) is 5.69 Å². The van der Waals surface area contributed by atoms with Crippen molar-refractivity contribution in [2.45, 2.75) is 12.5 Å². The van der Waals surface area contributed by atoms with E-state index in [9.17, 15) is 0 Å². The van der Waals surface area contributed by atoms with Crippen molar-refractivity contribution in [3.05, 3.63) is 28.7 Å². The topological polar surface area (TPSA) is 41.3 Å². The molecule has 1 atom stereocenters. The van der Waals surface area contributed by atoms with E-state index < -0.39 is 0 Å². The van der Waals surface area contributed by atoms with E-state index in [1.54, 1.807) is 0 Å². The summed E-state index contributed by atoms with van der Waals surface area (Å²) >= 11 is 8.76. The van der Waals surface area contributed by atoms with E-state index in [0.717, 1.165) is 34.8 Å². The minimum atomic E-state index is 0.252. The number of halogens is 1. The highest BCUT2D eigenvalue weighted by Gasteiger charge is 2.20. The number of rotatable bonds is 1. The fraction of sp³-hybridized carbons (Fsp3) is 0.364. The van der Waals surface area contributed by atoms with Crippen LogP contribution in [0, 0.1) is 0 Å². The van der Waals surface area contributed by atoms with E-state index in [1.807, 2.05) is 24.3 Å². The molecule has 1 aromatic carbocycles. The molecule has 0 bridgehead atoms. The van der Waals surface area contributed by atoms with Gasteiger partial charge in [-0.2, -0.15) is 0 Å². The quantitative estimate of drug-likeness (QED) is 0.780. The van der Waals surface area contributed by atoms with Gasteiger partial charge >= 0.3 is 0 Å². The first-order chi connectivity index (χ1) is 7.65. The maximum absolute atomic E-state index is 5.84. The van der Waals surface area contributed by atoms with Gasteiger partial charge in [0.15, 0.2) is 5.11 Å². The van der Waals surface area contributed by atoms with Crippen molar-refractivity contribution in [3.63, 3.8) is 0 Å². The maximum Gasteiger partial charge on any atom is 0.173 e. The summed E-state index contributed by atoms with van der Waals surface area (Å²) in [5, 5.41) is 3.97. The van der Waals surface area contributed by atoms with Crippen LogP contribution in [0.2, 0.25) is 0 Å². The molecule has 1 aromatic rings. The Morgan fingerprint density at radius 1 is 1.56 bits per heavy atom. The van der Waals surface area contributed by atoms with Crippen LogP contribution in [0.15, 0.2) is 28.7 Å². The number of nitrogens with two attached hydrogens (primary N) is 1. The Morgan fingerprint density at radius 2 is 2.38 bits per heavy atom. The summed E-state index contributed by atoms with van der Waals surface area (Å²) in [7, 11) is 0. The van der Waals surface area contributed by atoms with Crippen molar-refractivity contribution in [1.29, 1.82) is 0 Å². The predicted octanol–water partition coefficient (Wildman–Crippen LogP) is 2.18. The fourth-order valence-corrected chi connectivity index (χ4v) is 2.42. The zero-order valence-electron chi connectivity index (χ0n) is 8.82. The molecule has 3 nitrogen and oxygen atoms in total. The van der Waals surface area contributed by atoms with Gasteiger partial charge in [-0.3, -0.25) is 0 Å². The van der Waals surface area contributed by atoms with Gasteiger partial charge in [-0.25, -0.2) is 0 Å². The first-order valence-electron chi connectivity index (χ1n) is 5.22. The van der Waals surface area contributed by atoms with E-state index in [-0.39, 0.29) is 6.04 Å². The van der Waals surface area contributed by atoms with Gasteiger partial charge in [0.25, 0.3) is 0 Å². The molecule has 1 aliphatic heterocycles. The molecule has 0 unspecified atom stereocenters. The van der Waals surface area contributed by atoms with Crippen LogP contribution in [0.5, 0.6) is 0 Å². The third kappa shape index (κ3) is 2.93. The normalized spacial score (nSPS) is 19.9.